The van der Waals surface area contributed by atoms with Crippen LogP contribution < -0.4 is 14.8 Å². The highest BCUT2D eigenvalue weighted by Gasteiger charge is 2.17. The highest BCUT2D eigenvalue weighted by Crippen LogP contribution is 2.35. The van der Waals surface area contributed by atoms with Crippen molar-refractivity contribution in [3.63, 3.8) is 0 Å². The number of methoxy groups -OCH3 is 1. The Morgan fingerprint density at radius 2 is 1.98 bits per heavy atom. The van der Waals surface area contributed by atoms with E-state index >= 15 is 0 Å². The van der Waals surface area contributed by atoms with Gasteiger partial charge in [0.15, 0.2) is 0 Å². The minimum absolute atomic E-state index is 0.0758. The molecule has 2 aromatic heterocycles. The van der Waals surface area contributed by atoms with Crippen LogP contribution in [0.3, 0.4) is 0 Å². The van der Waals surface area contributed by atoms with Crippen molar-refractivity contribution < 1.29 is 24.1 Å². The molecular formula is C31H28N4O5. The van der Waals surface area contributed by atoms with Crippen molar-refractivity contribution in [3.8, 4) is 39.9 Å². The van der Waals surface area contributed by atoms with Crippen LogP contribution >= 0.6 is 0 Å². The summed E-state index contributed by atoms with van der Waals surface area (Å²) in [5, 5.41) is 13.5. The van der Waals surface area contributed by atoms with Crippen molar-refractivity contribution in [1.29, 1.82) is 0 Å². The normalized spacial score (nSPS) is 14.8. The van der Waals surface area contributed by atoms with Gasteiger partial charge in [-0.15, -0.1) is 0 Å². The number of ether oxygens (including phenoxy) is 3. The van der Waals surface area contributed by atoms with Crippen molar-refractivity contribution >= 4 is 22.6 Å². The van der Waals surface area contributed by atoms with Crippen molar-refractivity contribution in [2.45, 2.75) is 18.9 Å². The monoisotopic (exact) mass is 536 g/mol. The number of benzene rings is 3. The fraction of sp³-hybridized carbons (Fsp3) is 0.194. The lowest BCUT2D eigenvalue weighted by molar-refractivity contribution is 0.0679. The molecule has 0 saturated carbocycles. The molecule has 0 radical (unpaired) electrons. The van der Waals surface area contributed by atoms with Gasteiger partial charge >= 0.3 is 0 Å². The number of imidazole rings is 1. The summed E-state index contributed by atoms with van der Waals surface area (Å²) in [6.07, 6.45) is 3.90. The number of anilines is 1. The number of aromatic amines is 1. The van der Waals surface area contributed by atoms with Gasteiger partial charge in [-0.1, -0.05) is 6.07 Å². The second-order valence-electron chi connectivity index (χ2n) is 9.53. The number of H-pyrrole nitrogens is 1. The van der Waals surface area contributed by atoms with Crippen LogP contribution in [0.15, 0.2) is 79.0 Å². The van der Waals surface area contributed by atoms with Gasteiger partial charge in [-0.25, -0.2) is 9.97 Å². The van der Waals surface area contributed by atoms with Gasteiger partial charge in [-0.05, 0) is 85.1 Å². The smallest absolute Gasteiger partial charge is 0.255 e. The van der Waals surface area contributed by atoms with Crippen LogP contribution in [-0.4, -0.2) is 52.4 Å². The van der Waals surface area contributed by atoms with E-state index in [1.54, 1.807) is 55.8 Å². The first-order chi connectivity index (χ1) is 19.6. The predicted molar refractivity (Wildman–Crippen MR) is 152 cm³/mol. The lowest BCUT2D eigenvalue weighted by Crippen LogP contribution is -2.16. The van der Waals surface area contributed by atoms with Crippen LogP contribution in [0, 0.1) is 0 Å². The number of phenols is 1. The largest absolute Gasteiger partial charge is 0.507 e. The number of amides is 1. The number of phenolic OH excluding ortho intramolecular Hbond substituents is 1. The van der Waals surface area contributed by atoms with Crippen LogP contribution in [0.2, 0.25) is 0 Å². The van der Waals surface area contributed by atoms with E-state index in [1.807, 2.05) is 30.3 Å². The van der Waals surface area contributed by atoms with E-state index < -0.39 is 0 Å². The third-order valence-corrected chi connectivity index (χ3v) is 6.84. The van der Waals surface area contributed by atoms with Crippen LogP contribution in [0.25, 0.3) is 33.5 Å². The van der Waals surface area contributed by atoms with Crippen LogP contribution in [0.5, 0.6) is 17.4 Å². The van der Waals surface area contributed by atoms with Gasteiger partial charge in [0.05, 0.1) is 29.8 Å². The lowest BCUT2D eigenvalue weighted by Gasteiger charge is -2.12. The molecule has 40 heavy (non-hydrogen) atoms. The summed E-state index contributed by atoms with van der Waals surface area (Å²) in [5.41, 5.74) is 4.59. The number of aromatic hydroxyl groups is 1. The number of carbonyl (C=O) groups is 1. The van der Waals surface area contributed by atoms with Crippen molar-refractivity contribution in [2.75, 3.05) is 25.6 Å². The Kier molecular flexibility index (Phi) is 7.03. The minimum Gasteiger partial charge on any atom is -0.507 e. The molecule has 9 nitrogen and oxygen atoms in total. The molecule has 0 bridgehead atoms. The Hall–Kier alpha value is -4.89. The number of aromatic nitrogens is 3. The van der Waals surface area contributed by atoms with Crippen molar-refractivity contribution in [3.05, 3.63) is 84.6 Å². The molecule has 0 aliphatic carbocycles. The van der Waals surface area contributed by atoms with E-state index in [2.05, 4.69) is 20.3 Å². The fourth-order valence-corrected chi connectivity index (χ4v) is 4.74. The van der Waals surface area contributed by atoms with Crippen LogP contribution in [-0.2, 0) is 4.74 Å². The van der Waals surface area contributed by atoms with E-state index in [-0.39, 0.29) is 17.8 Å². The van der Waals surface area contributed by atoms with Crippen LogP contribution in [0.4, 0.5) is 5.69 Å². The maximum absolute atomic E-state index is 13.0. The summed E-state index contributed by atoms with van der Waals surface area (Å²) >= 11 is 0. The molecule has 0 spiro atoms. The molecule has 9 heteroatoms. The standard InChI is InChI=1S/C31H28N4O5/c1-38-31-24(5-2-14-32-31)19-7-13-28(36)25(16-19)29-34-26-12-6-20(17-27(26)35-29)30(37)33-21-8-10-22(11-9-21)40-18-23-4-3-15-39-23/h2,5-14,16-17,23,36H,3-4,15,18H2,1H3,(H,33,37)(H,34,35). The Labute approximate surface area is 230 Å². The number of nitrogens with one attached hydrogen (secondary N) is 2. The molecule has 3 aromatic carbocycles. The molecule has 1 fully saturated rings. The second-order valence-corrected chi connectivity index (χ2v) is 9.53. The quantitative estimate of drug-likeness (QED) is 0.229. The molecule has 1 amide bonds. The molecule has 1 aliphatic rings. The zero-order valence-electron chi connectivity index (χ0n) is 21.9. The maximum Gasteiger partial charge on any atom is 0.255 e. The highest BCUT2D eigenvalue weighted by atomic mass is 16.5. The summed E-state index contributed by atoms with van der Waals surface area (Å²) in [6, 6.07) is 21.5. The van der Waals surface area contributed by atoms with E-state index in [9.17, 15) is 9.90 Å². The number of hydrogen-bond acceptors (Lipinski definition) is 7. The Balaban J connectivity index is 1.19. The highest BCUT2D eigenvalue weighted by molar-refractivity contribution is 6.06. The molecule has 1 atom stereocenters. The lowest BCUT2D eigenvalue weighted by atomic mass is 10.0. The molecule has 3 heterocycles. The van der Waals surface area contributed by atoms with E-state index in [0.717, 1.165) is 41.8 Å². The first-order valence-electron chi connectivity index (χ1n) is 13.1. The molecule has 6 rings (SSSR count). The SMILES string of the molecule is COc1ncccc1-c1ccc(O)c(-c2nc3cc(C(=O)Nc4ccc(OCC5CCCO5)cc4)ccc3[nH]2)c1. The molecule has 1 saturated heterocycles. The van der Waals surface area contributed by atoms with Gasteiger partial charge in [-0.3, -0.25) is 4.79 Å². The summed E-state index contributed by atoms with van der Waals surface area (Å²) in [6.45, 7) is 1.32. The number of pyridine rings is 1. The number of fused-ring (bicyclic) bond motifs is 1. The maximum atomic E-state index is 13.0. The Bertz CT molecular complexity index is 1660. The van der Waals surface area contributed by atoms with E-state index in [4.69, 9.17) is 14.2 Å². The molecule has 3 N–H and O–H groups in total. The average molecular weight is 537 g/mol. The summed E-state index contributed by atoms with van der Waals surface area (Å²) in [7, 11) is 1.57. The number of hydrogen-bond donors (Lipinski definition) is 3. The van der Waals surface area contributed by atoms with Crippen LogP contribution in [0.1, 0.15) is 23.2 Å². The van der Waals surface area contributed by atoms with Crippen molar-refractivity contribution in [1.82, 2.24) is 15.0 Å². The first kappa shape index (κ1) is 25.4. The van der Waals surface area contributed by atoms with Gasteiger partial charge in [0, 0.05) is 29.6 Å². The number of nitrogens with zero attached hydrogens (tertiary/aromatic N) is 2. The fourth-order valence-electron chi connectivity index (χ4n) is 4.74. The van der Waals surface area contributed by atoms with E-state index in [0.29, 0.717) is 40.6 Å². The Morgan fingerprint density at radius 1 is 1.10 bits per heavy atom. The third kappa shape index (κ3) is 5.32. The predicted octanol–water partition coefficient (Wildman–Crippen LogP) is 5.82. The van der Waals surface area contributed by atoms with Crippen molar-refractivity contribution in [2.24, 2.45) is 0 Å². The van der Waals surface area contributed by atoms with Gasteiger partial charge < -0.3 is 29.6 Å². The van der Waals surface area contributed by atoms with Gasteiger partial charge in [0.2, 0.25) is 5.88 Å². The molecule has 1 aliphatic heterocycles. The average Bonchev–Trinajstić information content (AvgIpc) is 3.67. The van der Waals surface area contributed by atoms with Gasteiger partial charge in [0.25, 0.3) is 5.91 Å². The molecule has 1 unspecified atom stereocenters. The van der Waals surface area contributed by atoms with Gasteiger partial charge in [0.1, 0.15) is 23.9 Å². The first-order valence-corrected chi connectivity index (χ1v) is 13.1. The molecule has 202 valence electrons. The zero-order valence-corrected chi connectivity index (χ0v) is 21.9. The Morgan fingerprint density at radius 3 is 2.77 bits per heavy atom. The molecular weight excluding hydrogens is 508 g/mol. The molecule has 5 aromatic rings. The zero-order chi connectivity index (χ0) is 27.5. The number of carbonyl (C=O) groups excluding carboxylic acids is 1. The van der Waals surface area contributed by atoms with E-state index in [1.165, 1.54) is 0 Å². The van der Waals surface area contributed by atoms with Gasteiger partial charge in [-0.2, -0.15) is 0 Å². The third-order valence-electron chi connectivity index (χ3n) is 6.84. The minimum atomic E-state index is -0.256. The summed E-state index contributed by atoms with van der Waals surface area (Å²) < 4.78 is 16.8. The topological polar surface area (TPSA) is 119 Å². The summed E-state index contributed by atoms with van der Waals surface area (Å²) in [4.78, 5) is 25.1. The number of rotatable bonds is 8. The summed E-state index contributed by atoms with van der Waals surface area (Å²) in [5.74, 6) is 1.52. The second kappa shape index (κ2) is 11.1.